The average molecular weight is 501 g/mol. The molecular weight excluding hydrogens is 468 g/mol. The molecular formula is C29H32N4O4. The first-order valence-electron chi connectivity index (χ1n) is 12.7. The van der Waals surface area contributed by atoms with Crippen LogP contribution in [-0.4, -0.2) is 53.6 Å². The largest absolute Gasteiger partial charge is 0.490 e. The number of hydrogen-bond acceptors (Lipinski definition) is 7. The van der Waals surface area contributed by atoms with Gasteiger partial charge in [0.25, 0.3) is 0 Å². The van der Waals surface area contributed by atoms with Crippen molar-refractivity contribution < 1.29 is 19.0 Å². The lowest BCUT2D eigenvalue weighted by Gasteiger charge is -2.29. The number of rotatable bonds is 7. The number of carbonyl (C=O) groups excluding carboxylic acids is 1. The Morgan fingerprint density at radius 2 is 1.78 bits per heavy atom. The lowest BCUT2D eigenvalue weighted by atomic mass is 10.0. The Morgan fingerprint density at radius 1 is 1.03 bits per heavy atom. The number of aromatic amines is 1. The molecule has 5 rings (SSSR count). The number of hydrogen-bond donors (Lipinski definition) is 1. The van der Waals surface area contributed by atoms with Gasteiger partial charge >= 0.3 is 5.97 Å². The normalized spacial score (nSPS) is 13.9. The van der Waals surface area contributed by atoms with E-state index in [0.717, 1.165) is 48.4 Å². The van der Waals surface area contributed by atoms with Crippen LogP contribution in [0.3, 0.4) is 0 Å². The van der Waals surface area contributed by atoms with E-state index in [2.05, 4.69) is 58.2 Å². The number of aromatic nitrogens is 3. The van der Waals surface area contributed by atoms with Gasteiger partial charge in [0.05, 0.1) is 25.5 Å². The van der Waals surface area contributed by atoms with Crippen molar-refractivity contribution in [3.63, 3.8) is 0 Å². The van der Waals surface area contributed by atoms with Crippen LogP contribution in [0.4, 0.5) is 5.69 Å². The van der Waals surface area contributed by atoms with E-state index in [9.17, 15) is 4.79 Å². The summed E-state index contributed by atoms with van der Waals surface area (Å²) in [5, 5.41) is 7.84. The van der Waals surface area contributed by atoms with E-state index < -0.39 is 5.97 Å². The van der Waals surface area contributed by atoms with Crippen LogP contribution in [0.2, 0.25) is 0 Å². The zero-order chi connectivity index (χ0) is 25.9. The van der Waals surface area contributed by atoms with E-state index in [-0.39, 0.29) is 17.7 Å². The van der Waals surface area contributed by atoms with E-state index in [4.69, 9.17) is 14.2 Å². The first kappa shape index (κ1) is 24.8. The fourth-order valence-corrected chi connectivity index (χ4v) is 4.52. The van der Waals surface area contributed by atoms with Crippen LogP contribution in [-0.2, 0) is 4.74 Å². The number of nitrogens with zero attached hydrogens (tertiary/aromatic N) is 3. The molecule has 0 unspecified atom stereocenters. The van der Waals surface area contributed by atoms with Gasteiger partial charge in [0.15, 0.2) is 11.3 Å². The van der Waals surface area contributed by atoms with E-state index in [1.807, 2.05) is 19.9 Å². The zero-order valence-electron chi connectivity index (χ0n) is 21.7. The van der Waals surface area contributed by atoms with Crippen molar-refractivity contribution in [3.05, 3.63) is 66.0 Å². The summed E-state index contributed by atoms with van der Waals surface area (Å²) in [6, 6.07) is 15.7. The minimum atomic E-state index is -0.531. The third kappa shape index (κ3) is 5.44. The summed E-state index contributed by atoms with van der Waals surface area (Å²) in [4.78, 5) is 19.8. The van der Waals surface area contributed by atoms with Crippen molar-refractivity contribution in [2.75, 3.05) is 31.2 Å². The van der Waals surface area contributed by atoms with Gasteiger partial charge in [0, 0.05) is 35.8 Å². The smallest absolute Gasteiger partial charge is 0.362 e. The average Bonchev–Trinajstić information content (AvgIpc) is 3.37. The van der Waals surface area contributed by atoms with Crippen molar-refractivity contribution in [1.29, 1.82) is 0 Å². The van der Waals surface area contributed by atoms with Crippen molar-refractivity contribution >= 4 is 22.7 Å². The second kappa shape index (κ2) is 10.6. The molecule has 0 saturated carbocycles. The quantitative estimate of drug-likeness (QED) is 0.261. The predicted molar refractivity (Wildman–Crippen MR) is 144 cm³/mol. The number of nitrogens with one attached hydrogen (secondary N) is 1. The maximum absolute atomic E-state index is 13.1. The molecule has 8 nitrogen and oxygen atoms in total. The molecule has 4 aromatic rings. The number of ether oxygens (including phenoxy) is 3. The first-order chi connectivity index (χ1) is 17.9. The molecule has 0 bridgehead atoms. The molecule has 0 spiro atoms. The number of carbonyl (C=O) groups is 1. The van der Waals surface area contributed by atoms with Crippen LogP contribution in [0.5, 0.6) is 11.5 Å². The predicted octanol–water partition coefficient (Wildman–Crippen LogP) is 5.59. The van der Waals surface area contributed by atoms with Gasteiger partial charge in [-0.05, 0) is 61.2 Å². The Morgan fingerprint density at radius 3 is 2.49 bits per heavy atom. The molecule has 0 radical (unpaired) electrons. The third-order valence-corrected chi connectivity index (χ3v) is 6.37. The Kier molecular flexibility index (Phi) is 7.10. The number of anilines is 1. The molecule has 8 heteroatoms. The van der Waals surface area contributed by atoms with Crippen LogP contribution in [0.15, 0.2) is 54.7 Å². The van der Waals surface area contributed by atoms with Crippen molar-refractivity contribution in [2.45, 2.75) is 39.7 Å². The fraction of sp³-hybridized carbons (Fsp3) is 0.345. The summed E-state index contributed by atoms with van der Waals surface area (Å²) >= 11 is 0. The molecule has 1 saturated heterocycles. The molecule has 37 heavy (non-hydrogen) atoms. The topological polar surface area (TPSA) is 89.6 Å². The van der Waals surface area contributed by atoms with Crippen LogP contribution in [0.25, 0.3) is 22.2 Å². The van der Waals surface area contributed by atoms with E-state index in [0.29, 0.717) is 17.1 Å². The van der Waals surface area contributed by atoms with Crippen molar-refractivity contribution in [1.82, 2.24) is 15.2 Å². The molecule has 1 aliphatic heterocycles. The number of esters is 1. The maximum atomic E-state index is 13.1. The summed E-state index contributed by atoms with van der Waals surface area (Å²) in [5.41, 5.74) is 4.92. The molecule has 1 N–H and O–H groups in total. The molecule has 2 aromatic carbocycles. The molecule has 0 atom stereocenters. The molecule has 3 heterocycles. The number of fused-ring (bicyclic) bond motifs is 1. The van der Waals surface area contributed by atoms with Crippen LogP contribution >= 0.6 is 0 Å². The summed E-state index contributed by atoms with van der Waals surface area (Å²) in [6.45, 7) is 11.4. The monoisotopic (exact) mass is 500 g/mol. The van der Waals surface area contributed by atoms with Gasteiger partial charge in [-0.3, -0.25) is 5.10 Å². The van der Waals surface area contributed by atoms with Gasteiger partial charge in [-0.1, -0.05) is 26.0 Å². The second-order valence-corrected chi connectivity index (χ2v) is 9.74. The van der Waals surface area contributed by atoms with Gasteiger partial charge in [0.2, 0.25) is 0 Å². The molecule has 2 aromatic heterocycles. The van der Waals surface area contributed by atoms with E-state index in [1.165, 1.54) is 5.69 Å². The standard InChI is InChI=1S/C29H32N4O4/c1-18(2)24-16-26(31-28-25(24)17-30-32-28)29(34)37-22-9-10-23(27(15-22)36-19(3)4)20-5-7-21(8-6-20)33-11-13-35-14-12-33/h5-10,15-19H,11-14H2,1-4H3,(H,30,31,32). The van der Waals surface area contributed by atoms with Crippen LogP contribution in [0.1, 0.15) is 49.7 Å². The molecule has 1 fully saturated rings. The number of pyridine rings is 1. The minimum Gasteiger partial charge on any atom is -0.490 e. The molecule has 0 amide bonds. The van der Waals surface area contributed by atoms with Gasteiger partial charge in [-0.25, -0.2) is 9.78 Å². The van der Waals surface area contributed by atoms with E-state index >= 15 is 0 Å². The Balaban J connectivity index is 1.40. The fourth-order valence-electron chi connectivity index (χ4n) is 4.52. The van der Waals surface area contributed by atoms with Gasteiger partial charge in [-0.2, -0.15) is 5.10 Å². The summed E-state index contributed by atoms with van der Waals surface area (Å²) < 4.78 is 17.3. The third-order valence-electron chi connectivity index (χ3n) is 6.37. The number of morpholine rings is 1. The SMILES string of the molecule is CC(C)Oc1cc(OC(=O)c2cc(C(C)C)c3cn[nH]c3n2)ccc1-c1ccc(N2CCOCC2)cc1. The highest BCUT2D eigenvalue weighted by molar-refractivity contribution is 5.93. The van der Waals surface area contributed by atoms with Crippen LogP contribution in [0, 0.1) is 0 Å². The Bertz CT molecular complexity index is 1390. The highest BCUT2D eigenvalue weighted by atomic mass is 16.5. The molecule has 192 valence electrons. The molecule has 1 aliphatic rings. The highest BCUT2D eigenvalue weighted by Gasteiger charge is 2.19. The van der Waals surface area contributed by atoms with Crippen molar-refractivity contribution in [3.8, 4) is 22.6 Å². The maximum Gasteiger partial charge on any atom is 0.362 e. The summed E-state index contributed by atoms with van der Waals surface area (Å²) in [7, 11) is 0. The lowest BCUT2D eigenvalue weighted by Crippen LogP contribution is -2.36. The highest BCUT2D eigenvalue weighted by Crippen LogP contribution is 2.35. The molecule has 0 aliphatic carbocycles. The summed E-state index contributed by atoms with van der Waals surface area (Å²) in [5.74, 6) is 0.720. The van der Waals surface area contributed by atoms with Gasteiger partial charge < -0.3 is 19.1 Å². The zero-order valence-corrected chi connectivity index (χ0v) is 21.7. The first-order valence-corrected chi connectivity index (χ1v) is 12.7. The van der Waals surface area contributed by atoms with Crippen LogP contribution < -0.4 is 14.4 Å². The number of H-pyrrole nitrogens is 1. The minimum absolute atomic E-state index is 0.0459. The van der Waals surface area contributed by atoms with E-state index in [1.54, 1.807) is 24.4 Å². The second-order valence-electron chi connectivity index (χ2n) is 9.74. The Hall–Kier alpha value is -3.91. The summed E-state index contributed by atoms with van der Waals surface area (Å²) in [6.07, 6.45) is 1.68. The Labute approximate surface area is 216 Å². The number of benzene rings is 2. The van der Waals surface area contributed by atoms with Gasteiger partial charge in [0.1, 0.15) is 11.5 Å². The van der Waals surface area contributed by atoms with Crippen molar-refractivity contribution in [2.24, 2.45) is 0 Å². The van der Waals surface area contributed by atoms with Gasteiger partial charge in [-0.15, -0.1) is 0 Å². The lowest BCUT2D eigenvalue weighted by molar-refractivity contribution is 0.0728.